The second kappa shape index (κ2) is 6.33. The summed E-state index contributed by atoms with van der Waals surface area (Å²) in [5.74, 6) is -1.28. The van der Waals surface area contributed by atoms with Crippen molar-refractivity contribution in [2.75, 3.05) is 24.7 Å². The van der Waals surface area contributed by atoms with E-state index in [4.69, 9.17) is 9.84 Å². The van der Waals surface area contributed by atoms with Crippen LogP contribution >= 0.6 is 0 Å². The van der Waals surface area contributed by atoms with Crippen LogP contribution in [0, 0.1) is 5.92 Å². The highest BCUT2D eigenvalue weighted by Crippen LogP contribution is 2.22. The van der Waals surface area contributed by atoms with Gasteiger partial charge in [0.1, 0.15) is 6.54 Å². The van der Waals surface area contributed by atoms with Crippen LogP contribution in [0.5, 0.6) is 0 Å². The Labute approximate surface area is 111 Å². The van der Waals surface area contributed by atoms with Crippen LogP contribution in [0.4, 0.5) is 5.69 Å². The van der Waals surface area contributed by atoms with Gasteiger partial charge < -0.3 is 14.7 Å². The van der Waals surface area contributed by atoms with Crippen molar-refractivity contribution in [1.29, 1.82) is 0 Å². The van der Waals surface area contributed by atoms with Crippen molar-refractivity contribution in [2.45, 2.75) is 12.8 Å². The van der Waals surface area contributed by atoms with Crippen molar-refractivity contribution in [3.05, 3.63) is 30.3 Å². The van der Waals surface area contributed by atoms with Crippen LogP contribution in [0.1, 0.15) is 12.8 Å². The van der Waals surface area contributed by atoms with Gasteiger partial charge in [0.2, 0.25) is 5.91 Å². The van der Waals surface area contributed by atoms with Gasteiger partial charge in [-0.3, -0.25) is 9.59 Å². The van der Waals surface area contributed by atoms with E-state index < -0.39 is 5.97 Å². The number of carboxylic acids is 1. The Hall–Kier alpha value is -1.88. The first kappa shape index (κ1) is 13.5. The van der Waals surface area contributed by atoms with Gasteiger partial charge in [-0.15, -0.1) is 0 Å². The summed E-state index contributed by atoms with van der Waals surface area (Å²) in [4.78, 5) is 24.7. The Kier molecular flexibility index (Phi) is 4.52. The average Bonchev–Trinajstić information content (AvgIpc) is 2.46. The molecule has 102 valence electrons. The molecular weight excluding hydrogens is 246 g/mol. The lowest BCUT2D eigenvalue weighted by molar-refractivity contribution is -0.137. The number of rotatable bonds is 4. The number of anilines is 1. The molecule has 5 nitrogen and oxygen atoms in total. The fourth-order valence-electron chi connectivity index (χ4n) is 2.20. The van der Waals surface area contributed by atoms with Gasteiger partial charge in [-0.1, -0.05) is 18.2 Å². The molecule has 1 aromatic carbocycles. The maximum Gasteiger partial charge on any atom is 0.323 e. The first-order valence-corrected chi connectivity index (χ1v) is 6.34. The van der Waals surface area contributed by atoms with Gasteiger partial charge in [-0.05, 0) is 25.0 Å². The zero-order valence-corrected chi connectivity index (χ0v) is 10.6. The van der Waals surface area contributed by atoms with Crippen molar-refractivity contribution in [1.82, 2.24) is 0 Å². The van der Waals surface area contributed by atoms with E-state index in [1.165, 1.54) is 4.90 Å². The van der Waals surface area contributed by atoms with Gasteiger partial charge in [-0.25, -0.2) is 0 Å². The molecule has 1 fully saturated rings. The molecule has 0 unspecified atom stereocenters. The van der Waals surface area contributed by atoms with Crippen LogP contribution in [-0.4, -0.2) is 36.7 Å². The van der Waals surface area contributed by atoms with Crippen LogP contribution in [0.25, 0.3) is 0 Å². The number of hydrogen-bond donors (Lipinski definition) is 1. The second-order valence-electron chi connectivity index (χ2n) is 4.54. The highest BCUT2D eigenvalue weighted by Gasteiger charge is 2.28. The summed E-state index contributed by atoms with van der Waals surface area (Å²) >= 11 is 0. The fourth-order valence-corrected chi connectivity index (χ4v) is 2.20. The van der Waals surface area contributed by atoms with Crippen molar-refractivity contribution < 1.29 is 19.4 Å². The highest BCUT2D eigenvalue weighted by atomic mass is 16.5. The van der Waals surface area contributed by atoms with Gasteiger partial charge in [0, 0.05) is 24.8 Å². The van der Waals surface area contributed by atoms with E-state index in [1.54, 1.807) is 24.3 Å². The number of ether oxygens (including phenoxy) is 1. The zero-order valence-electron chi connectivity index (χ0n) is 10.6. The number of carboxylic acid groups (broad SMARTS) is 1. The lowest BCUT2D eigenvalue weighted by Crippen LogP contribution is -2.41. The summed E-state index contributed by atoms with van der Waals surface area (Å²) in [5, 5.41) is 8.97. The molecule has 1 N–H and O–H groups in total. The van der Waals surface area contributed by atoms with Crippen LogP contribution in [-0.2, 0) is 14.3 Å². The van der Waals surface area contributed by atoms with Gasteiger partial charge >= 0.3 is 5.97 Å². The van der Waals surface area contributed by atoms with Gasteiger partial charge in [0.25, 0.3) is 0 Å². The SMILES string of the molecule is O=C(O)CN(C(=O)C1CCOCC1)c1ccccc1. The molecule has 0 atom stereocenters. The molecule has 1 saturated heterocycles. The van der Waals surface area contributed by atoms with E-state index in [-0.39, 0.29) is 18.4 Å². The Bertz CT molecular complexity index is 440. The molecule has 0 saturated carbocycles. The largest absolute Gasteiger partial charge is 0.480 e. The topological polar surface area (TPSA) is 66.8 Å². The highest BCUT2D eigenvalue weighted by molar-refractivity contribution is 5.98. The van der Waals surface area contributed by atoms with E-state index in [9.17, 15) is 9.59 Å². The van der Waals surface area contributed by atoms with E-state index in [2.05, 4.69) is 0 Å². The van der Waals surface area contributed by atoms with E-state index in [0.29, 0.717) is 31.7 Å². The van der Waals surface area contributed by atoms with Gasteiger partial charge in [0.05, 0.1) is 0 Å². The number of hydrogen-bond acceptors (Lipinski definition) is 3. The molecule has 5 heteroatoms. The number of aliphatic carboxylic acids is 1. The van der Waals surface area contributed by atoms with Crippen molar-refractivity contribution in [2.24, 2.45) is 5.92 Å². The lowest BCUT2D eigenvalue weighted by atomic mass is 9.98. The predicted molar refractivity (Wildman–Crippen MR) is 70.0 cm³/mol. The second-order valence-corrected chi connectivity index (χ2v) is 4.54. The summed E-state index contributed by atoms with van der Waals surface area (Å²) in [6, 6.07) is 8.92. The van der Waals surface area contributed by atoms with Crippen LogP contribution in [0.15, 0.2) is 30.3 Å². The first-order chi connectivity index (χ1) is 9.18. The summed E-state index contributed by atoms with van der Waals surface area (Å²) in [6.07, 6.45) is 1.31. The maximum absolute atomic E-state index is 12.4. The van der Waals surface area contributed by atoms with E-state index in [1.807, 2.05) is 6.07 Å². The quantitative estimate of drug-likeness (QED) is 0.894. The third kappa shape index (κ3) is 3.54. The Morgan fingerprint density at radius 1 is 1.21 bits per heavy atom. The van der Waals surface area contributed by atoms with E-state index in [0.717, 1.165) is 0 Å². The predicted octanol–water partition coefficient (Wildman–Crippen LogP) is 1.53. The standard InChI is InChI=1S/C14H17NO4/c16-13(17)10-15(12-4-2-1-3-5-12)14(18)11-6-8-19-9-7-11/h1-5,11H,6-10H2,(H,16,17). The molecule has 1 heterocycles. The Morgan fingerprint density at radius 2 is 1.84 bits per heavy atom. The molecular formula is C14H17NO4. The third-order valence-electron chi connectivity index (χ3n) is 3.20. The molecule has 19 heavy (non-hydrogen) atoms. The number of benzene rings is 1. The molecule has 1 aliphatic rings. The fraction of sp³-hybridized carbons (Fsp3) is 0.429. The zero-order chi connectivity index (χ0) is 13.7. The summed E-state index contributed by atoms with van der Waals surface area (Å²) < 4.78 is 5.23. The molecule has 0 radical (unpaired) electrons. The minimum atomic E-state index is -1.01. The minimum Gasteiger partial charge on any atom is -0.480 e. The molecule has 0 spiro atoms. The number of carbonyl (C=O) groups excluding carboxylic acids is 1. The van der Waals surface area contributed by atoms with Crippen LogP contribution in [0.2, 0.25) is 0 Å². The molecule has 1 aromatic rings. The minimum absolute atomic E-state index is 0.128. The molecule has 2 rings (SSSR count). The smallest absolute Gasteiger partial charge is 0.323 e. The summed E-state index contributed by atoms with van der Waals surface area (Å²) in [5.41, 5.74) is 0.626. The monoisotopic (exact) mass is 263 g/mol. The molecule has 0 aromatic heterocycles. The first-order valence-electron chi connectivity index (χ1n) is 6.34. The Balaban J connectivity index is 2.17. The van der Waals surface area contributed by atoms with Crippen LogP contribution in [0.3, 0.4) is 0 Å². The van der Waals surface area contributed by atoms with Crippen molar-refractivity contribution in [3.8, 4) is 0 Å². The molecule has 0 bridgehead atoms. The van der Waals surface area contributed by atoms with Crippen LogP contribution < -0.4 is 4.90 Å². The lowest BCUT2D eigenvalue weighted by Gasteiger charge is -2.28. The third-order valence-corrected chi connectivity index (χ3v) is 3.20. The molecule has 1 amide bonds. The Morgan fingerprint density at radius 3 is 2.42 bits per heavy atom. The normalized spacial score (nSPS) is 16.0. The number of nitrogens with zero attached hydrogens (tertiary/aromatic N) is 1. The summed E-state index contributed by atoms with van der Waals surface area (Å²) in [6.45, 7) is 0.818. The van der Waals surface area contributed by atoms with Crippen molar-refractivity contribution >= 4 is 17.6 Å². The van der Waals surface area contributed by atoms with Gasteiger partial charge in [-0.2, -0.15) is 0 Å². The molecule has 0 aliphatic carbocycles. The van der Waals surface area contributed by atoms with Gasteiger partial charge in [0.15, 0.2) is 0 Å². The average molecular weight is 263 g/mol. The van der Waals surface area contributed by atoms with E-state index >= 15 is 0 Å². The summed E-state index contributed by atoms with van der Waals surface area (Å²) in [7, 11) is 0. The van der Waals surface area contributed by atoms with Crippen molar-refractivity contribution in [3.63, 3.8) is 0 Å². The number of para-hydroxylation sites is 1. The maximum atomic E-state index is 12.4. The number of carbonyl (C=O) groups is 2. The number of amides is 1. The molecule has 1 aliphatic heterocycles.